The molecule has 100 valence electrons. The number of nitrogens with two attached hydrogens (primary N) is 1. The largest absolute Gasteiger partial charge is 0.497 e. The lowest BCUT2D eigenvalue weighted by Crippen LogP contribution is -2.01. The zero-order valence-corrected chi connectivity index (χ0v) is 12.2. The first-order valence-corrected chi connectivity index (χ1v) is 6.62. The molecule has 0 fully saturated rings. The molecule has 19 heavy (non-hydrogen) atoms. The van der Waals surface area contributed by atoms with Crippen molar-refractivity contribution in [1.82, 2.24) is 4.98 Å². The van der Waals surface area contributed by atoms with Crippen LogP contribution in [0.5, 0.6) is 11.5 Å². The maximum atomic E-state index is 5.68. The van der Waals surface area contributed by atoms with Crippen molar-refractivity contribution in [3.63, 3.8) is 0 Å². The van der Waals surface area contributed by atoms with E-state index in [1.54, 1.807) is 13.3 Å². The van der Waals surface area contributed by atoms with Gasteiger partial charge in [0, 0.05) is 16.6 Å². The quantitative estimate of drug-likeness (QED) is 0.919. The van der Waals surface area contributed by atoms with Crippen molar-refractivity contribution in [2.45, 2.75) is 13.2 Å². The summed E-state index contributed by atoms with van der Waals surface area (Å²) in [5.41, 5.74) is 7.35. The molecule has 2 aromatic rings. The zero-order chi connectivity index (χ0) is 13.7. The van der Waals surface area contributed by atoms with Gasteiger partial charge in [-0.3, -0.25) is 4.98 Å². The SMILES string of the molecule is COc1ccc(Br)c(COc2ccc(CN)nc2)c1. The maximum Gasteiger partial charge on any atom is 0.138 e. The van der Waals surface area contributed by atoms with Crippen LogP contribution in [-0.2, 0) is 13.2 Å². The van der Waals surface area contributed by atoms with Crippen LogP contribution in [-0.4, -0.2) is 12.1 Å². The molecular weight excluding hydrogens is 308 g/mol. The molecule has 0 aliphatic heterocycles. The van der Waals surface area contributed by atoms with E-state index in [1.807, 2.05) is 30.3 Å². The monoisotopic (exact) mass is 322 g/mol. The van der Waals surface area contributed by atoms with Crippen LogP contribution in [0.3, 0.4) is 0 Å². The molecule has 1 heterocycles. The van der Waals surface area contributed by atoms with Crippen LogP contribution in [0.15, 0.2) is 41.0 Å². The first kappa shape index (κ1) is 13.8. The molecule has 0 saturated heterocycles. The highest BCUT2D eigenvalue weighted by molar-refractivity contribution is 9.10. The summed E-state index contributed by atoms with van der Waals surface area (Å²) in [5.74, 6) is 1.52. The molecule has 0 unspecified atom stereocenters. The van der Waals surface area contributed by atoms with Crippen molar-refractivity contribution < 1.29 is 9.47 Å². The highest BCUT2D eigenvalue weighted by Gasteiger charge is 2.04. The third-order valence-corrected chi connectivity index (χ3v) is 3.43. The van der Waals surface area contributed by atoms with Gasteiger partial charge in [0.05, 0.1) is 19.0 Å². The first-order valence-electron chi connectivity index (χ1n) is 5.83. The van der Waals surface area contributed by atoms with Gasteiger partial charge in [-0.2, -0.15) is 0 Å². The topological polar surface area (TPSA) is 57.4 Å². The minimum Gasteiger partial charge on any atom is -0.497 e. The van der Waals surface area contributed by atoms with Gasteiger partial charge in [0.1, 0.15) is 18.1 Å². The van der Waals surface area contributed by atoms with Gasteiger partial charge in [0.25, 0.3) is 0 Å². The van der Waals surface area contributed by atoms with E-state index in [4.69, 9.17) is 15.2 Å². The van der Waals surface area contributed by atoms with E-state index in [2.05, 4.69) is 20.9 Å². The normalized spacial score (nSPS) is 10.3. The molecule has 4 nitrogen and oxygen atoms in total. The average molecular weight is 323 g/mol. The van der Waals surface area contributed by atoms with E-state index >= 15 is 0 Å². The van der Waals surface area contributed by atoms with Crippen molar-refractivity contribution in [3.8, 4) is 11.5 Å². The summed E-state index contributed by atoms with van der Waals surface area (Å²) >= 11 is 3.49. The Kier molecular flexibility index (Phi) is 4.76. The fourth-order valence-corrected chi connectivity index (χ4v) is 1.93. The Morgan fingerprint density at radius 1 is 1.21 bits per heavy atom. The second-order valence-electron chi connectivity index (χ2n) is 3.94. The summed E-state index contributed by atoms with van der Waals surface area (Å²) in [6.45, 7) is 0.878. The van der Waals surface area contributed by atoms with Gasteiger partial charge >= 0.3 is 0 Å². The molecule has 0 saturated carbocycles. The van der Waals surface area contributed by atoms with Gasteiger partial charge in [0.15, 0.2) is 0 Å². The minimum atomic E-state index is 0.432. The van der Waals surface area contributed by atoms with Crippen LogP contribution in [0.25, 0.3) is 0 Å². The van der Waals surface area contributed by atoms with Crippen molar-refractivity contribution in [1.29, 1.82) is 0 Å². The summed E-state index contributed by atoms with van der Waals surface area (Å²) in [5, 5.41) is 0. The summed E-state index contributed by atoms with van der Waals surface area (Å²) in [6, 6.07) is 9.49. The number of halogens is 1. The van der Waals surface area contributed by atoms with Gasteiger partial charge < -0.3 is 15.2 Å². The number of nitrogens with zero attached hydrogens (tertiary/aromatic N) is 1. The van der Waals surface area contributed by atoms with E-state index < -0.39 is 0 Å². The number of ether oxygens (including phenoxy) is 2. The van der Waals surface area contributed by atoms with Crippen LogP contribution < -0.4 is 15.2 Å². The van der Waals surface area contributed by atoms with Crippen LogP contribution in [0.4, 0.5) is 0 Å². The molecule has 1 aromatic heterocycles. The molecule has 0 aliphatic carbocycles. The Morgan fingerprint density at radius 3 is 2.63 bits per heavy atom. The molecule has 0 atom stereocenters. The molecule has 0 amide bonds. The highest BCUT2D eigenvalue weighted by atomic mass is 79.9. The van der Waals surface area contributed by atoms with E-state index in [-0.39, 0.29) is 0 Å². The molecule has 0 spiro atoms. The van der Waals surface area contributed by atoms with E-state index in [1.165, 1.54) is 0 Å². The predicted octanol–water partition coefficient (Wildman–Crippen LogP) is 2.89. The number of benzene rings is 1. The second-order valence-corrected chi connectivity index (χ2v) is 4.79. The van der Waals surface area contributed by atoms with Gasteiger partial charge in [-0.15, -0.1) is 0 Å². The van der Waals surface area contributed by atoms with Gasteiger partial charge in [0.2, 0.25) is 0 Å². The molecule has 0 bridgehead atoms. The fraction of sp³-hybridized carbons (Fsp3) is 0.214. The zero-order valence-electron chi connectivity index (χ0n) is 10.6. The lowest BCUT2D eigenvalue weighted by Gasteiger charge is -2.09. The Labute approximate surface area is 120 Å². The van der Waals surface area contributed by atoms with E-state index in [0.29, 0.717) is 18.9 Å². The molecule has 2 rings (SSSR count). The fourth-order valence-electron chi connectivity index (χ4n) is 1.57. The molecule has 5 heteroatoms. The van der Waals surface area contributed by atoms with Gasteiger partial charge in [-0.25, -0.2) is 0 Å². The number of hydrogen-bond acceptors (Lipinski definition) is 4. The number of hydrogen-bond donors (Lipinski definition) is 1. The Morgan fingerprint density at radius 2 is 2.00 bits per heavy atom. The smallest absolute Gasteiger partial charge is 0.138 e. The number of aromatic nitrogens is 1. The van der Waals surface area contributed by atoms with E-state index in [9.17, 15) is 0 Å². The summed E-state index contributed by atoms with van der Waals surface area (Å²) in [4.78, 5) is 4.18. The first-order chi connectivity index (χ1) is 9.22. The van der Waals surface area contributed by atoms with Crippen molar-refractivity contribution in [3.05, 3.63) is 52.3 Å². The van der Waals surface area contributed by atoms with Crippen LogP contribution in [0, 0.1) is 0 Å². The Balaban J connectivity index is 2.05. The van der Waals surface area contributed by atoms with E-state index in [0.717, 1.165) is 21.5 Å². The van der Waals surface area contributed by atoms with Crippen molar-refractivity contribution >= 4 is 15.9 Å². The Hall–Kier alpha value is -1.59. The Bertz CT molecular complexity index is 544. The second kappa shape index (κ2) is 6.54. The summed E-state index contributed by atoms with van der Waals surface area (Å²) in [7, 11) is 1.64. The predicted molar refractivity (Wildman–Crippen MR) is 77.2 cm³/mol. The van der Waals surface area contributed by atoms with Crippen LogP contribution in [0.2, 0.25) is 0 Å². The summed E-state index contributed by atoms with van der Waals surface area (Å²) < 4.78 is 11.9. The number of methoxy groups -OCH3 is 1. The van der Waals surface area contributed by atoms with Crippen molar-refractivity contribution in [2.24, 2.45) is 5.73 Å². The maximum absolute atomic E-state index is 5.68. The van der Waals surface area contributed by atoms with Gasteiger partial charge in [-0.1, -0.05) is 15.9 Å². The number of pyridine rings is 1. The lowest BCUT2D eigenvalue weighted by molar-refractivity contribution is 0.303. The number of rotatable bonds is 5. The highest BCUT2D eigenvalue weighted by Crippen LogP contribution is 2.23. The molecule has 0 aliphatic rings. The van der Waals surface area contributed by atoms with Gasteiger partial charge in [-0.05, 0) is 30.3 Å². The molecule has 2 N–H and O–H groups in total. The average Bonchev–Trinajstić information content (AvgIpc) is 2.47. The molecular formula is C14H15BrN2O2. The molecule has 0 radical (unpaired) electrons. The third kappa shape index (κ3) is 3.68. The third-order valence-electron chi connectivity index (χ3n) is 2.65. The summed E-state index contributed by atoms with van der Waals surface area (Å²) in [6.07, 6.45) is 1.68. The van der Waals surface area contributed by atoms with Crippen LogP contribution in [0.1, 0.15) is 11.3 Å². The standard InChI is InChI=1S/C14H15BrN2O2/c1-18-12-4-5-14(15)10(6-12)9-19-13-3-2-11(7-16)17-8-13/h2-6,8H,7,9,16H2,1H3. The molecule has 1 aromatic carbocycles. The lowest BCUT2D eigenvalue weighted by atomic mass is 10.2. The minimum absolute atomic E-state index is 0.432. The van der Waals surface area contributed by atoms with Crippen LogP contribution >= 0.6 is 15.9 Å². The van der Waals surface area contributed by atoms with Crippen molar-refractivity contribution in [2.75, 3.05) is 7.11 Å².